The molecule has 7 nitrogen and oxygen atoms in total. The molecule has 2 heterocycles. The minimum absolute atomic E-state index is 0.449. The number of carbonyl (C=O) groups is 1. The normalized spacial score (nSPS) is 19.9. The molecule has 1 aliphatic heterocycles. The molecule has 0 spiro atoms. The van der Waals surface area contributed by atoms with Gasteiger partial charge in [0.2, 0.25) is 5.66 Å². The summed E-state index contributed by atoms with van der Waals surface area (Å²) in [4.78, 5) is 15.5. The molecule has 0 radical (unpaired) electrons. The molecule has 1 unspecified atom stereocenters. The van der Waals surface area contributed by atoms with Crippen LogP contribution in [0.15, 0.2) is 54.9 Å². The molecule has 4 N–H and O–H groups in total. The number of hydrogen-bond acceptors (Lipinski definition) is 6. The highest BCUT2D eigenvalue weighted by molar-refractivity contribution is 5.85. The molecule has 0 amide bonds. The molecular weight excluding hydrogens is 308 g/mol. The maximum absolute atomic E-state index is 11.5. The maximum atomic E-state index is 11.5. The molecule has 0 fully saturated rings. The number of aromatic nitrogens is 1. The second kappa shape index (κ2) is 6.31. The summed E-state index contributed by atoms with van der Waals surface area (Å²) in [6.07, 6.45) is 4.81. The van der Waals surface area contributed by atoms with Gasteiger partial charge in [0.05, 0.1) is 19.4 Å². The van der Waals surface area contributed by atoms with Crippen molar-refractivity contribution in [2.24, 2.45) is 5.73 Å². The van der Waals surface area contributed by atoms with Crippen molar-refractivity contribution in [3.63, 3.8) is 0 Å². The van der Waals surface area contributed by atoms with Crippen LogP contribution in [0.4, 0.5) is 0 Å². The van der Waals surface area contributed by atoms with Crippen LogP contribution in [-0.2, 0) is 11.3 Å². The number of rotatable bonds is 5. The smallest absolute Gasteiger partial charge is 0.344 e. The SMILES string of the molecule is COc1ccc(CN2NC(N)(C(=O)O)C=C2c2ccncc2)cc1. The van der Waals surface area contributed by atoms with Crippen LogP contribution in [0.3, 0.4) is 0 Å². The lowest BCUT2D eigenvalue weighted by Gasteiger charge is -2.26. The Kier molecular flexibility index (Phi) is 4.20. The third kappa shape index (κ3) is 3.08. The standard InChI is InChI=1S/C17H18N4O3/c1-24-14-4-2-12(3-5-14)11-21-15(13-6-8-19-9-7-13)10-17(18,20-21)16(22)23/h2-10,20H,11,18H2,1H3,(H,22,23). The van der Waals surface area contributed by atoms with Gasteiger partial charge in [-0.3, -0.25) is 10.7 Å². The van der Waals surface area contributed by atoms with Gasteiger partial charge in [-0.2, -0.15) is 5.43 Å². The van der Waals surface area contributed by atoms with E-state index in [2.05, 4.69) is 10.4 Å². The minimum Gasteiger partial charge on any atom is -0.497 e. The van der Waals surface area contributed by atoms with Gasteiger partial charge in [0, 0.05) is 18.0 Å². The molecule has 1 aromatic carbocycles. The van der Waals surface area contributed by atoms with Crippen molar-refractivity contribution in [1.29, 1.82) is 0 Å². The zero-order valence-electron chi connectivity index (χ0n) is 13.1. The lowest BCUT2D eigenvalue weighted by atomic mass is 10.1. The summed E-state index contributed by atoms with van der Waals surface area (Å²) in [6.45, 7) is 0.449. The number of carboxylic acids is 1. The average molecular weight is 326 g/mol. The number of methoxy groups -OCH3 is 1. The van der Waals surface area contributed by atoms with E-state index >= 15 is 0 Å². The van der Waals surface area contributed by atoms with E-state index in [4.69, 9.17) is 10.5 Å². The van der Waals surface area contributed by atoms with Crippen LogP contribution in [0.2, 0.25) is 0 Å². The summed E-state index contributed by atoms with van der Waals surface area (Å²) < 4.78 is 5.15. The van der Waals surface area contributed by atoms with E-state index in [0.29, 0.717) is 12.2 Å². The predicted octanol–water partition coefficient (Wildman–Crippen LogP) is 1.19. The van der Waals surface area contributed by atoms with Crippen LogP contribution in [0.25, 0.3) is 5.70 Å². The fourth-order valence-electron chi connectivity index (χ4n) is 2.52. The number of hydrazine groups is 1. The largest absolute Gasteiger partial charge is 0.497 e. The maximum Gasteiger partial charge on any atom is 0.344 e. The zero-order chi connectivity index (χ0) is 17.2. The zero-order valence-corrected chi connectivity index (χ0v) is 13.1. The van der Waals surface area contributed by atoms with E-state index in [1.807, 2.05) is 36.4 Å². The van der Waals surface area contributed by atoms with Crippen LogP contribution in [0.1, 0.15) is 11.1 Å². The minimum atomic E-state index is -1.65. The van der Waals surface area contributed by atoms with Gasteiger partial charge in [0.25, 0.3) is 0 Å². The van der Waals surface area contributed by atoms with Crippen LogP contribution in [0.5, 0.6) is 5.75 Å². The monoisotopic (exact) mass is 326 g/mol. The fraction of sp³-hybridized carbons (Fsp3) is 0.176. The summed E-state index contributed by atoms with van der Waals surface area (Å²) >= 11 is 0. The number of ether oxygens (including phenoxy) is 1. The van der Waals surface area contributed by atoms with Gasteiger partial charge in [-0.15, -0.1) is 0 Å². The summed E-state index contributed by atoms with van der Waals surface area (Å²) in [5.74, 6) is -0.386. The molecule has 1 aliphatic rings. The summed E-state index contributed by atoms with van der Waals surface area (Å²) in [5.41, 5.74) is 9.68. The number of nitrogens with one attached hydrogen (secondary N) is 1. The number of carboxylic acid groups (broad SMARTS) is 1. The molecule has 24 heavy (non-hydrogen) atoms. The molecule has 0 aliphatic carbocycles. The third-order valence-corrected chi connectivity index (χ3v) is 3.80. The Balaban J connectivity index is 1.90. The quantitative estimate of drug-likeness (QED) is 0.759. The summed E-state index contributed by atoms with van der Waals surface area (Å²) in [5, 5.41) is 11.1. The van der Waals surface area contributed by atoms with Gasteiger partial charge in [0.15, 0.2) is 0 Å². The van der Waals surface area contributed by atoms with Crippen molar-refractivity contribution >= 4 is 11.7 Å². The highest BCUT2D eigenvalue weighted by atomic mass is 16.5. The van der Waals surface area contributed by atoms with Crippen molar-refractivity contribution in [2.75, 3.05) is 7.11 Å². The van der Waals surface area contributed by atoms with E-state index < -0.39 is 11.6 Å². The highest BCUT2D eigenvalue weighted by Crippen LogP contribution is 2.28. The van der Waals surface area contributed by atoms with Gasteiger partial charge in [-0.05, 0) is 35.9 Å². The second-order valence-electron chi connectivity index (χ2n) is 5.49. The molecule has 0 saturated heterocycles. The van der Waals surface area contributed by atoms with Crippen molar-refractivity contribution < 1.29 is 14.6 Å². The van der Waals surface area contributed by atoms with E-state index in [9.17, 15) is 9.90 Å². The summed E-state index contributed by atoms with van der Waals surface area (Å²) in [6, 6.07) is 11.2. The highest BCUT2D eigenvalue weighted by Gasteiger charge is 2.40. The van der Waals surface area contributed by atoms with Crippen LogP contribution in [0, 0.1) is 0 Å². The molecule has 0 saturated carbocycles. The van der Waals surface area contributed by atoms with E-state index in [0.717, 1.165) is 16.9 Å². The van der Waals surface area contributed by atoms with E-state index in [1.165, 1.54) is 6.08 Å². The number of pyridine rings is 1. The average Bonchev–Trinajstić information content (AvgIpc) is 2.94. The van der Waals surface area contributed by atoms with Crippen molar-refractivity contribution in [1.82, 2.24) is 15.4 Å². The second-order valence-corrected chi connectivity index (χ2v) is 5.49. The first-order valence-corrected chi connectivity index (χ1v) is 7.35. The van der Waals surface area contributed by atoms with Gasteiger partial charge >= 0.3 is 5.97 Å². The summed E-state index contributed by atoms with van der Waals surface area (Å²) in [7, 11) is 1.61. The molecule has 7 heteroatoms. The number of hydrogen-bond donors (Lipinski definition) is 3. The fourth-order valence-corrected chi connectivity index (χ4v) is 2.52. The van der Waals surface area contributed by atoms with Crippen LogP contribution >= 0.6 is 0 Å². The van der Waals surface area contributed by atoms with Gasteiger partial charge < -0.3 is 14.9 Å². The van der Waals surface area contributed by atoms with Crippen LogP contribution in [-0.4, -0.2) is 33.8 Å². The first kappa shape index (κ1) is 16.0. The number of benzene rings is 1. The Labute approximate surface area is 139 Å². The van der Waals surface area contributed by atoms with E-state index in [-0.39, 0.29) is 0 Å². The Morgan fingerprint density at radius 2 is 1.96 bits per heavy atom. The number of nitrogens with two attached hydrogens (primary N) is 1. The number of aliphatic carboxylic acids is 1. The van der Waals surface area contributed by atoms with Crippen molar-refractivity contribution in [2.45, 2.75) is 12.2 Å². The van der Waals surface area contributed by atoms with Crippen molar-refractivity contribution in [3.8, 4) is 5.75 Å². The van der Waals surface area contributed by atoms with E-state index in [1.54, 1.807) is 24.5 Å². The third-order valence-electron chi connectivity index (χ3n) is 3.80. The number of nitrogens with zero attached hydrogens (tertiary/aromatic N) is 2. The molecule has 1 atom stereocenters. The van der Waals surface area contributed by atoms with Gasteiger partial charge in [0.1, 0.15) is 5.75 Å². The molecule has 3 rings (SSSR count). The van der Waals surface area contributed by atoms with Crippen LogP contribution < -0.4 is 15.9 Å². The topological polar surface area (TPSA) is 101 Å². The molecule has 124 valence electrons. The molecule has 1 aromatic heterocycles. The molecule has 2 aromatic rings. The predicted molar refractivity (Wildman–Crippen MR) is 88.4 cm³/mol. The Morgan fingerprint density at radius 3 is 2.54 bits per heavy atom. The first-order valence-electron chi connectivity index (χ1n) is 7.35. The lowest BCUT2D eigenvalue weighted by molar-refractivity contribution is -0.143. The molecular formula is C17H18N4O3. The van der Waals surface area contributed by atoms with Gasteiger partial charge in [-0.1, -0.05) is 12.1 Å². The first-order chi connectivity index (χ1) is 11.5. The van der Waals surface area contributed by atoms with Crippen molar-refractivity contribution in [3.05, 3.63) is 66.0 Å². The Morgan fingerprint density at radius 1 is 1.29 bits per heavy atom. The Hall–Kier alpha value is -2.90. The Bertz CT molecular complexity index is 761. The molecule has 0 bridgehead atoms. The lowest BCUT2D eigenvalue weighted by Crippen LogP contribution is -2.59. The van der Waals surface area contributed by atoms with Gasteiger partial charge in [-0.25, -0.2) is 4.79 Å².